The molecule has 0 bridgehead atoms. The summed E-state index contributed by atoms with van der Waals surface area (Å²) in [4.78, 5) is 14.7. The molecule has 0 amide bonds. The maximum absolute atomic E-state index is 6.15. The van der Waals surface area contributed by atoms with Crippen LogP contribution < -0.4 is 4.90 Å². The SMILES string of the molecule is Clc1ccc2c(-n3cc(CCCN4CCN(c5c6c(nc7ccccc57)CCCC6)CC4)nn3)ccnc2c1. The Balaban J connectivity index is 0.986. The van der Waals surface area contributed by atoms with Gasteiger partial charge < -0.3 is 4.90 Å². The van der Waals surface area contributed by atoms with Crippen molar-refractivity contribution in [2.75, 3.05) is 37.6 Å². The molecular formula is C31H32ClN7. The van der Waals surface area contributed by atoms with Crippen molar-refractivity contribution in [3.8, 4) is 5.69 Å². The standard InChI is InChI=1S/C31H32ClN7/c32-22-11-12-24-29(20-22)33-14-13-30(24)39-21-23(35-36-39)6-5-15-37-16-18-38(19-17-37)31-25-7-1-3-9-27(25)34-28-10-4-2-8-26(28)31/h1,3,7,9,11-14,20-21H,2,4-6,8,10,15-19H2. The van der Waals surface area contributed by atoms with Crippen LogP contribution in [0.4, 0.5) is 5.69 Å². The summed E-state index contributed by atoms with van der Waals surface area (Å²) in [6.07, 6.45) is 10.6. The van der Waals surface area contributed by atoms with Gasteiger partial charge in [0.2, 0.25) is 0 Å². The van der Waals surface area contributed by atoms with Gasteiger partial charge in [0.05, 0.1) is 34.3 Å². The third-order valence-electron chi connectivity index (χ3n) is 8.20. The van der Waals surface area contributed by atoms with Crippen LogP contribution in [-0.2, 0) is 19.3 Å². The number of hydrogen-bond donors (Lipinski definition) is 0. The normalized spacial score (nSPS) is 16.2. The van der Waals surface area contributed by atoms with Gasteiger partial charge >= 0.3 is 0 Å². The highest BCUT2D eigenvalue weighted by Gasteiger charge is 2.25. The zero-order valence-electron chi connectivity index (χ0n) is 22.1. The van der Waals surface area contributed by atoms with Crippen molar-refractivity contribution in [1.82, 2.24) is 29.9 Å². The zero-order chi connectivity index (χ0) is 26.2. The number of anilines is 1. The number of piperazine rings is 1. The minimum atomic E-state index is 0.681. The number of hydrogen-bond acceptors (Lipinski definition) is 6. The molecule has 8 heteroatoms. The number of aromatic nitrogens is 5. The van der Waals surface area contributed by atoms with E-state index < -0.39 is 0 Å². The summed E-state index contributed by atoms with van der Waals surface area (Å²) >= 11 is 6.15. The molecule has 7 rings (SSSR count). The van der Waals surface area contributed by atoms with E-state index in [0.29, 0.717) is 5.02 Å². The number of benzene rings is 2. The van der Waals surface area contributed by atoms with Crippen LogP contribution in [0.5, 0.6) is 0 Å². The third kappa shape index (κ3) is 4.85. The lowest BCUT2D eigenvalue weighted by molar-refractivity contribution is 0.255. The Bertz CT molecular complexity index is 1640. The van der Waals surface area contributed by atoms with E-state index in [1.807, 2.05) is 35.1 Å². The molecule has 2 aliphatic rings. The fourth-order valence-electron chi connectivity index (χ4n) is 6.22. The summed E-state index contributed by atoms with van der Waals surface area (Å²) < 4.78 is 1.85. The lowest BCUT2D eigenvalue weighted by Gasteiger charge is -2.38. The average Bonchev–Trinajstić information content (AvgIpc) is 3.44. The van der Waals surface area contributed by atoms with Gasteiger partial charge in [0.15, 0.2) is 0 Å². The van der Waals surface area contributed by atoms with Gasteiger partial charge in [0.25, 0.3) is 0 Å². The van der Waals surface area contributed by atoms with Crippen LogP contribution in [0.3, 0.4) is 0 Å². The van der Waals surface area contributed by atoms with E-state index in [2.05, 4.69) is 49.4 Å². The van der Waals surface area contributed by atoms with Crippen molar-refractivity contribution in [1.29, 1.82) is 0 Å². The first-order valence-corrected chi connectivity index (χ1v) is 14.4. The topological polar surface area (TPSA) is 63.0 Å². The van der Waals surface area contributed by atoms with Crippen LogP contribution in [0, 0.1) is 0 Å². The highest BCUT2D eigenvalue weighted by molar-refractivity contribution is 6.31. The zero-order valence-corrected chi connectivity index (χ0v) is 22.8. The number of aryl methyl sites for hydroxylation is 2. The molecule has 5 aromatic rings. The molecule has 1 fully saturated rings. The molecule has 4 heterocycles. The first-order chi connectivity index (χ1) is 19.2. The Morgan fingerprint density at radius 2 is 1.74 bits per heavy atom. The first-order valence-electron chi connectivity index (χ1n) is 14.1. The lowest BCUT2D eigenvalue weighted by atomic mass is 9.92. The molecule has 0 N–H and O–H groups in total. The third-order valence-corrected chi connectivity index (χ3v) is 8.44. The van der Waals surface area contributed by atoms with Gasteiger partial charge in [-0.1, -0.05) is 35.0 Å². The molecule has 198 valence electrons. The van der Waals surface area contributed by atoms with E-state index in [0.717, 1.165) is 86.2 Å². The van der Waals surface area contributed by atoms with E-state index >= 15 is 0 Å². The predicted octanol–water partition coefficient (Wildman–Crippen LogP) is 5.65. The van der Waals surface area contributed by atoms with Crippen LogP contribution in [0.25, 0.3) is 27.5 Å². The van der Waals surface area contributed by atoms with Gasteiger partial charge in [-0.2, -0.15) is 0 Å². The molecule has 0 unspecified atom stereocenters. The molecular weight excluding hydrogens is 506 g/mol. The number of halogens is 1. The van der Waals surface area contributed by atoms with E-state index in [-0.39, 0.29) is 0 Å². The monoisotopic (exact) mass is 537 g/mol. The number of para-hydroxylation sites is 1. The quantitative estimate of drug-likeness (QED) is 0.279. The smallest absolute Gasteiger partial charge is 0.0832 e. The second kappa shape index (κ2) is 10.5. The second-order valence-electron chi connectivity index (χ2n) is 10.7. The minimum Gasteiger partial charge on any atom is -0.368 e. The molecule has 0 radical (unpaired) electrons. The Morgan fingerprint density at radius 1 is 0.872 bits per heavy atom. The molecule has 0 atom stereocenters. The Kier molecular flexibility index (Phi) is 6.62. The molecule has 1 aliphatic heterocycles. The van der Waals surface area contributed by atoms with Crippen molar-refractivity contribution >= 4 is 39.1 Å². The summed E-state index contributed by atoms with van der Waals surface area (Å²) in [7, 11) is 0. The maximum atomic E-state index is 6.15. The summed E-state index contributed by atoms with van der Waals surface area (Å²) in [5.74, 6) is 0. The molecule has 39 heavy (non-hydrogen) atoms. The van der Waals surface area contributed by atoms with Crippen LogP contribution >= 0.6 is 11.6 Å². The van der Waals surface area contributed by atoms with Crippen molar-refractivity contribution in [2.24, 2.45) is 0 Å². The van der Waals surface area contributed by atoms with E-state index in [9.17, 15) is 0 Å². The summed E-state index contributed by atoms with van der Waals surface area (Å²) in [5, 5.41) is 11.9. The Labute approximate surface area is 233 Å². The molecule has 3 aromatic heterocycles. The Morgan fingerprint density at radius 3 is 2.67 bits per heavy atom. The minimum absolute atomic E-state index is 0.681. The molecule has 0 saturated carbocycles. The van der Waals surface area contributed by atoms with E-state index in [1.54, 1.807) is 6.20 Å². The molecule has 7 nitrogen and oxygen atoms in total. The van der Waals surface area contributed by atoms with Crippen LogP contribution in [0.15, 0.2) is 60.9 Å². The van der Waals surface area contributed by atoms with Gasteiger partial charge in [0, 0.05) is 53.9 Å². The predicted molar refractivity (Wildman–Crippen MR) is 157 cm³/mol. The number of rotatable bonds is 6. The Hall–Kier alpha value is -3.55. The van der Waals surface area contributed by atoms with Gasteiger partial charge in [-0.05, 0) is 81.0 Å². The molecule has 2 aromatic carbocycles. The summed E-state index contributed by atoms with van der Waals surface area (Å²) in [5.41, 5.74) is 8.27. The highest BCUT2D eigenvalue weighted by Crippen LogP contribution is 2.36. The van der Waals surface area contributed by atoms with Gasteiger partial charge in [-0.15, -0.1) is 5.10 Å². The lowest BCUT2D eigenvalue weighted by Crippen LogP contribution is -2.47. The van der Waals surface area contributed by atoms with Gasteiger partial charge in [0.1, 0.15) is 0 Å². The molecule has 1 aliphatic carbocycles. The summed E-state index contributed by atoms with van der Waals surface area (Å²) in [6, 6.07) is 16.4. The first kappa shape index (κ1) is 24.5. The second-order valence-corrected chi connectivity index (χ2v) is 11.1. The van der Waals surface area contributed by atoms with Gasteiger partial charge in [-0.3, -0.25) is 14.9 Å². The number of nitrogens with zero attached hydrogens (tertiary/aromatic N) is 7. The van der Waals surface area contributed by atoms with Crippen LogP contribution in [-0.4, -0.2) is 62.6 Å². The summed E-state index contributed by atoms with van der Waals surface area (Å²) in [6.45, 7) is 5.38. The van der Waals surface area contributed by atoms with Crippen LogP contribution in [0.2, 0.25) is 5.02 Å². The van der Waals surface area contributed by atoms with Crippen LogP contribution in [0.1, 0.15) is 36.2 Å². The largest absolute Gasteiger partial charge is 0.368 e. The fourth-order valence-corrected chi connectivity index (χ4v) is 6.39. The van der Waals surface area contributed by atoms with Crippen molar-refractivity contribution in [3.63, 3.8) is 0 Å². The molecule has 0 spiro atoms. The number of pyridine rings is 2. The molecule has 1 saturated heterocycles. The van der Waals surface area contributed by atoms with Crippen molar-refractivity contribution in [2.45, 2.75) is 38.5 Å². The average molecular weight is 538 g/mol. The number of fused-ring (bicyclic) bond motifs is 3. The van der Waals surface area contributed by atoms with Gasteiger partial charge in [-0.25, -0.2) is 4.68 Å². The van der Waals surface area contributed by atoms with Crippen molar-refractivity contribution in [3.05, 3.63) is 82.9 Å². The van der Waals surface area contributed by atoms with E-state index in [1.165, 1.54) is 35.2 Å². The maximum Gasteiger partial charge on any atom is 0.0832 e. The van der Waals surface area contributed by atoms with Crippen molar-refractivity contribution < 1.29 is 0 Å². The fraction of sp³-hybridized carbons (Fsp3) is 0.355. The van der Waals surface area contributed by atoms with E-state index in [4.69, 9.17) is 16.6 Å². The highest BCUT2D eigenvalue weighted by atomic mass is 35.5.